The predicted molar refractivity (Wildman–Crippen MR) is 102 cm³/mol. The van der Waals surface area contributed by atoms with Crippen molar-refractivity contribution in [1.29, 1.82) is 0 Å². The molecule has 2 rings (SSSR count). The van der Waals surface area contributed by atoms with Gasteiger partial charge >= 0.3 is 11.8 Å². The second kappa shape index (κ2) is 9.78. The van der Waals surface area contributed by atoms with Crippen molar-refractivity contribution in [2.24, 2.45) is 11.8 Å². The average Bonchev–Trinajstić information content (AvgIpc) is 2.55. The standard InChI is InChI=1S/C19H28ClN3O2/c1-14-11-15(2)13-23(12-14)10-4-3-9-21-18(24)19(25)22-17-7-5-16(20)6-8-17/h5-8,14-15H,3-4,9-13H2,1-2H3,(H,21,24)(H,22,25). The van der Waals surface area contributed by atoms with E-state index in [1.807, 2.05) is 0 Å². The van der Waals surface area contributed by atoms with Crippen LogP contribution in [-0.4, -0.2) is 42.9 Å². The fraction of sp³-hybridized carbons (Fsp3) is 0.579. The lowest BCUT2D eigenvalue weighted by molar-refractivity contribution is -0.136. The van der Waals surface area contributed by atoms with E-state index in [0.29, 0.717) is 17.3 Å². The van der Waals surface area contributed by atoms with Gasteiger partial charge in [0, 0.05) is 30.3 Å². The van der Waals surface area contributed by atoms with Crippen LogP contribution in [0.15, 0.2) is 24.3 Å². The van der Waals surface area contributed by atoms with Crippen LogP contribution in [-0.2, 0) is 9.59 Å². The molecule has 0 bridgehead atoms. The van der Waals surface area contributed by atoms with Crippen molar-refractivity contribution >= 4 is 29.1 Å². The Kier molecular flexibility index (Phi) is 7.72. The molecule has 0 saturated carbocycles. The molecule has 2 unspecified atom stereocenters. The molecule has 1 aliphatic heterocycles. The second-order valence-corrected chi connectivity index (χ2v) is 7.57. The third-order valence-electron chi connectivity index (χ3n) is 4.44. The highest BCUT2D eigenvalue weighted by molar-refractivity contribution is 6.39. The number of rotatable bonds is 6. The summed E-state index contributed by atoms with van der Waals surface area (Å²) in [5, 5.41) is 5.81. The molecule has 0 aliphatic carbocycles. The average molecular weight is 366 g/mol. The summed E-state index contributed by atoms with van der Waals surface area (Å²) >= 11 is 5.79. The van der Waals surface area contributed by atoms with E-state index in [1.165, 1.54) is 19.5 Å². The number of hydrogen-bond acceptors (Lipinski definition) is 3. The number of likely N-dealkylation sites (tertiary alicyclic amines) is 1. The molecule has 1 aromatic carbocycles. The summed E-state index contributed by atoms with van der Waals surface area (Å²) in [6.07, 6.45) is 3.22. The molecule has 0 radical (unpaired) electrons. The zero-order valence-electron chi connectivity index (χ0n) is 15.1. The number of nitrogens with one attached hydrogen (secondary N) is 2. The van der Waals surface area contributed by atoms with Gasteiger partial charge in [0.25, 0.3) is 0 Å². The van der Waals surface area contributed by atoms with E-state index >= 15 is 0 Å². The van der Waals surface area contributed by atoms with Gasteiger partial charge in [0.1, 0.15) is 0 Å². The van der Waals surface area contributed by atoms with Gasteiger partial charge in [-0.1, -0.05) is 25.4 Å². The van der Waals surface area contributed by atoms with Crippen molar-refractivity contribution in [3.8, 4) is 0 Å². The van der Waals surface area contributed by atoms with Crippen LogP contribution in [0.3, 0.4) is 0 Å². The molecule has 1 saturated heterocycles. The Labute approximate surface area is 155 Å². The van der Waals surface area contributed by atoms with Crippen molar-refractivity contribution in [3.05, 3.63) is 29.3 Å². The van der Waals surface area contributed by atoms with Gasteiger partial charge in [0.15, 0.2) is 0 Å². The van der Waals surface area contributed by atoms with Gasteiger partial charge in [-0.05, 0) is 61.9 Å². The van der Waals surface area contributed by atoms with Gasteiger partial charge in [0.2, 0.25) is 0 Å². The predicted octanol–water partition coefficient (Wildman–Crippen LogP) is 3.15. The lowest BCUT2D eigenvalue weighted by atomic mass is 9.92. The summed E-state index contributed by atoms with van der Waals surface area (Å²) in [6, 6.07) is 6.65. The molecule has 1 fully saturated rings. The van der Waals surface area contributed by atoms with Crippen molar-refractivity contribution in [3.63, 3.8) is 0 Å². The minimum Gasteiger partial charge on any atom is -0.348 e. The number of halogens is 1. The monoisotopic (exact) mass is 365 g/mol. The number of anilines is 1. The van der Waals surface area contributed by atoms with Gasteiger partial charge in [-0.15, -0.1) is 0 Å². The maximum Gasteiger partial charge on any atom is 0.313 e. The fourth-order valence-electron chi connectivity index (χ4n) is 3.44. The normalized spacial score (nSPS) is 20.9. The third-order valence-corrected chi connectivity index (χ3v) is 4.69. The second-order valence-electron chi connectivity index (χ2n) is 7.13. The van der Waals surface area contributed by atoms with E-state index in [-0.39, 0.29) is 0 Å². The summed E-state index contributed by atoms with van der Waals surface area (Å²) in [7, 11) is 0. The first-order valence-corrected chi connectivity index (χ1v) is 9.39. The molecule has 1 heterocycles. The van der Waals surface area contributed by atoms with E-state index in [1.54, 1.807) is 24.3 Å². The smallest absolute Gasteiger partial charge is 0.313 e. The van der Waals surface area contributed by atoms with Gasteiger partial charge in [-0.2, -0.15) is 0 Å². The summed E-state index contributed by atoms with van der Waals surface area (Å²) in [5.41, 5.74) is 0.554. The van der Waals surface area contributed by atoms with Crippen LogP contribution < -0.4 is 10.6 Å². The summed E-state index contributed by atoms with van der Waals surface area (Å²) in [6.45, 7) is 8.53. The Balaban J connectivity index is 1.60. The van der Waals surface area contributed by atoms with Crippen LogP contribution in [0.1, 0.15) is 33.1 Å². The third kappa shape index (κ3) is 7.04. The highest BCUT2D eigenvalue weighted by Crippen LogP contribution is 2.20. The van der Waals surface area contributed by atoms with Crippen LogP contribution in [0.2, 0.25) is 5.02 Å². The van der Waals surface area contributed by atoms with Crippen LogP contribution in [0, 0.1) is 11.8 Å². The van der Waals surface area contributed by atoms with E-state index in [9.17, 15) is 9.59 Å². The highest BCUT2D eigenvalue weighted by atomic mass is 35.5. The van der Waals surface area contributed by atoms with Crippen LogP contribution in [0.25, 0.3) is 0 Å². The molecule has 0 spiro atoms. The molecule has 2 N–H and O–H groups in total. The Morgan fingerprint density at radius 3 is 2.36 bits per heavy atom. The first-order chi connectivity index (χ1) is 11.9. The SMILES string of the molecule is CC1CC(C)CN(CCCCNC(=O)C(=O)Nc2ccc(Cl)cc2)C1. The van der Waals surface area contributed by atoms with Gasteiger partial charge in [0.05, 0.1) is 0 Å². The number of amides is 2. The van der Waals surface area contributed by atoms with Crippen molar-refractivity contribution in [2.75, 3.05) is 31.5 Å². The van der Waals surface area contributed by atoms with Crippen molar-refractivity contribution in [2.45, 2.75) is 33.1 Å². The molecular weight excluding hydrogens is 338 g/mol. The molecule has 2 atom stereocenters. The highest BCUT2D eigenvalue weighted by Gasteiger charge is 2.21. The van der Waals surface area contributed by atoms with Crippen LogP contribution >= 0.6 is 11.6 Å². The number of carbonyl (C=O) groups excluding carboxylic acids is 2. The van der Waals surface area contributed by atoms with E-state index in [0.717, 1.165) is 31.2 Å². The topological polar surface area (TPSA) is 61.4 Å². The minimum atomic E-state index is -0.652. The quantitative estimate of drug-likeness (QED) is 0.601. The zero-order valence-corrected chi connectivity index (χ0v) is 15.8. The number of unbranched alkanes of at least 4 members (excludes halogenated alkanes) is 1. The lowest BCUT2D eigenvalue weighted by Crippen LogP contribution is -2.39. The Morgan fingerprint density at radius 2 is 1.72 bits per heavy atom. The molecule has 1 aliphatic rings. The molecular formula is C19H28ClN3O2. The Bertz CT molecular complexity index is 567. The van der Waals surface area contributed by atoms with Crippen LogP contribution in [0.4, 0.5) is 5.69 Å². The van der Waals surface area contributed by atoms with E-state index in [4.69, 9.17) is 11.6 Å². The first-order valence-electron chi connectivity index (χ1n) is 9.01. The summed E-state index contributed by atoms with van der Waals surface area (Å²) in [4.78, 5) is 26.1. The minimum absolute atomic E-state index is 0.520. The largest absolute Gasteiger partial charge is 0.348 e. The Morgan fingerprint density at radius 1 is 1.08 bits per heavy atom. The molecule has 0 aromatic heterocycles. The van der Waals surface area contributed by atoms with E-state index < -0.39 is 11.8 Å². The maximum absolute atomic E-state index is 11.8. The number of benzene rings is 1. The Hall–Kier alpha value is -1.59. The van der Waals surface area contributed by atoms with Gasteiger partial charge < -0.3 is 15.5 Å². The van der Waals surface area contributed by atoms with Crippen molar-refractivity contribution in [1.82, 2.24) is 10.2 Å². The zero-order chi connectivity index (χ0) is 18.2. The fourth-order valence-corrected chi connectivity index (χ4v) is 3.56. The van der Waals surface area contributed by atoms with Crippen molar-refractivity contribution < 1.29 is 9.59 Å². The number of carbonyl (C=O) groups is 2. The molecule has 1 aromatic rings. The number of nitrogens with zero attached hydrogens (tertiary/aromatic N) is 1. The lowest BCUT2D eigenvalue weighted by Gasteiger charge is -2.34. The maximum atomic E-state index is 11.8. The van der Waals surface area contributed by atoms with Gasteiger partial charge in [-0.25, -0.2) is 0 Å². The first kappa shape index (κ1) is 19.7. The van der Waals surface area contributed by atoms with Crippen LogP contribution in [0.5, 0.6) is 0 Å². The molecule has 25 heavy (non-hydrogen) atoms. The molecule has 6 heteroatoms. The number of hydrogen-bond donors (Lipinski definition) is 2. The molecule has 5 nitrogen and oxygen atoms in total. The van der Waals surface area contributed by atoms with Gasteiger partial charge in [-0.3, -0.25) is 9.59 Å². The summed E-state index contributed by atoms with van der Waals surface area (Å²) < 4.78 is 0. The summed E-state index contributed by atoms with van der Waals surface area (Å²) in [5.74, 6) is 0.274. The molecule has 138 valence electrons. The molecule has 2 amide bonds. The van der Waals surface area contributed by atoms with E-state index in [2.05, 4.69) is 29.4 Å². The number of piperidine rings is 1.